The first-order valence-electron chi connectivity index (χ1n) is 8.20. The molecule has 28 heavy (non-hydrogen) atoms. The summed E-state index contributed by atoms with van der Waals surface area (Å²) in [4.78, 5) is 36.7. The van der Waals surface area contributed by atoms with Crippen LogP contribution < -0.4 is 4.90 Å². The van der Waals surface area contributed by atoms with Crippen molar-refractivity contribution in [2.24, 2.45) is 0 Å². The van der Waals surface area contributed by atoms with E-state index < -0.39 is 10.8 Å². The largest absolute Gasteiger partial charge is 0.457 e. The topological polar surface area (TPSA) is 93.7 Å². The summed E-state index contributed by atoms with van der Waals surface area (Å²) < 4.78 is 5.70. The number of non-ortho nitro benzene ring substituents is 1. The second kappa shape index (κ2) is 7.16. The van der Waals surface area contributed by atoms with Crippen LogP contribution >= 0.6 is 11.8 Å². The van der Waals surface area contributed by atoms with Gasteiger partial charge in [0.2, 0.25) is 0 Å². The number of furan rings is 1. The van der Waals surface area contributed by atoms with Gasteiger partial charge in [0.05, 0.1) is 15.5 Å². The van der Waals surface area contributed by atoms with Crippen LogP contribution in [0.25, 0.3) is 17.4 Å². The summed E-state index contributed by atoms with van der Waals surface area (Å²) in [6.07, 6.45) is 1.49. The van der Waals surface area contributed by atoms with Crippen molar-refractivity contribution < 1.29 is 18.9 Å². The summed E-state index contributed by atoms with van der Waals surface area (Å²) in [5, 5.41) is 10.5. The first-order valence-corrected chi connectivity index (χ1v) is 9.02. The van der Waals surface area contributed by atoms with E-state index in [1.807, 2.05) is 0 Å². The van der Waals surface area contributed by atoms with Crippen LogP contribution in [0.3, 0.4) is 0 Å². The summed E-state index contributed by atoms with van der Waals surface area (Å²) in [5.41, 5.74) is 1.01. The van der Waals surface area contributed by atoms with Crippen LogP contribution in [-0.4, -0.2) is 16.1 Å². The Morgan fingerprint density at radius 3 is 2.54 bits per heavy atom. The smallest absolute Gasteiger partial charge is 0.298 e. The minimum absolute atomic E-state index is 0.0422. The molecule has 1 aromatic heterocycles. The second-order valence-corrected chi connectivity index (χ2v) is 6.86. The van der Waals surface area contributed by atoms with Gasteiger partial charge >= 0.3 is 0 Å². The number of thioether (sulfide) groups is 1. The van der Waals surface area contributed by atoms with E-state index in [9.17, 15) is 19.7 Å². The third-order valence-electron chi connectivity index (χ3n) is 4.05. The number of amides is 2. The summed E-state index contributed by atoms with van der Waals surface area (Å²) in [5.74, 6) is 0.381. The predicted molar refractivity (Wildman–Crippen MR) is 106 cm³/mol. The Kier molecular flexibility index (Phi) is 4.54. The molecule has 1 aliphatic heterocycles. The molecule has 0 bridgehead atoms. The van der Waals surface area contributed by atoms with Crippen molar-refractivity contribution in [1.82, 2.24) is 0 Å². The van der Waals surface area contributed by atoms with E-state index in [1.165, 1.54) is 18.2 Å². The molecule has 2 amide bonds. The lowest BCUT2D eigenvalue weighted by Gasteiger charge is -2.11. The monoisotopic (exact) mass is 392 g/mol. The Labute approximate surface area is 163 Å². The molecule has 7 nitrogen and oxygen atoms in total. The van der Waals surface area contributed by atoms with E-state index in [0.29, 0.717) is 22.8 Å². The van der Waals surface area contributed by atoms with E-state index in [1.54, 1.807) is 54.6 Å². The highest BCUT2D eigenvalue weighted by molar-refractivity contribution is 8.19. The molecule has 138 valence electrons. The second-order valence-electron chi connectivity index (χ2n) is 5.86. The average molecular weight is 392 g/mol. The number of para-hydroxylation sites is 1. The molecule has 2 aromatic carbocycles. The van der Waals surface area contributed by atoms with E-state index in [4.69, 9.17) is 4.42 Å². The first kappa shape index (κ1) is 17.7. The Morgan fingerprint density at radius 1 is 1.00 bits per heavy atom. The fourth-order valence-electron chi connectivity index (χ4n) is 2.75. The van der Waals surface area contributed by atoms with Crippen molar-refractivity contribution in [3.05, 3.63) is 87.5 Å². The molecule has 0 radical (unpaired) electrons. The first-order chi connectivity index (χ1) is 13.5. The van der Waals surface area contributed by atoms with E-state index in [0.717, 1.165) is 16.7 Å². The normalized spacial score (nSPS) is 15.4. The van der Waals surface area contributed by atoms with E-state index in [2.05, 4.69) is 0 Å². The van der Waals surface area contributed by atoms with Crippen molar-refractivity contribution in [1.29, 1.82) is 0 Å². The zero-order valence-electron chi connectivity index (χ0n) is 14.3. The highest BCUT2D eigenvalue weighted by Gasteiger charge is 2.36. The number of carbonyl (C=O) groups excluding carboxylic acids is 2. The van der Waals surface area contributed by atoms with Gasteiger partial charge in [-0.2, -0.15) is 0 Å². The minimum atomic E-state index is -0.479. The lowest BCUT2D eigenvalue weighted by Crippen LogP contribution is -2.27. The van der Waals surface area contributed by atoms with E-state index in [-0.39, 0.29) is 15.8 Å². The molecule has 1 saturated heterocycles. The number of imide groups is 1. The van der Waals surface area contributed by atoms with Gasteiger partial charge in [-0.05, 0) is 36.0 Å². The van der Waals surface area contributed by atoms with Crippen LogP contribution in [0.1, 0.15) is 5.76 Å². The van der Waals surface area contributed by atoms with Gasteiger partial charge in [-0.15, -0.1) is 0 Å². The van der Waals surface area contributed by atoms with Crippen LogP contribution in [0, 0.1) is 10.1 Å². The van der Waals surface area contributed by atoms with Crippen molar-refractivity contribution in [3.63, 3.8) is 0 Å². The number of hydrogen-bond acceptors (Lipinski definition) is 6. The zero-order chi connectivity index (χ0) is 19.7. The molecule has 3 aromatic rings. The highest BCUT2D eigenvalue weighted by Crippen LogP contribution is 2.36. The summed E-state index contributed by atoms with van der Waals surface area (Å²) in [6.45, 7) is 0. The van der Waals surface area contributed by atoms with Crippen LogP contribution in [-0.2, 0) is 4.79 Å². The Morgan fingerprint density at radius 2 is 1.79 bits per heavy atom. The summed E-state index contributed by atoms with van der Waals surface area (Å²) >= 11 is 0.832. The van der Waals surface area contributed by atoms with Gasteiger partial charge in [0.1, 0.15) is 11.5 Å². The fraction of sp³-hybridized carbons (Fsp3) is 0. The fourth-order valence-corrected chi connectivity index (χ4v) is 3.58. The van der Waals surface area contributed by atoms with Crippen LogP contribution in [0.15, 0.2) is 76.1 Å². The summed E-state index contributed by atoms with van der Waals surface area (Å²) in [7, 11) is 0. The number of carbonyl (C=O) groups is 2. The third-order valence-corrected chi connectivity index (χ3v) is 4.92. The number of benzene rings is 2. The molecule has 0 atom stereocenters. The van der Waals surface area contributed by atoms with Gasteiger partial charge in [0.15, 0.2) is 0 Å². The average Bonchev–Trinajstić information content (AvgIpc) is 3.27. The summed E-state index contributed by atoms with van der Waals surface area (Å²) in [6, 6.07) is 18.0. The van der Waals surface area contributed by atoms with Gasteiger partial charge in [0, 0.05) is 23.8 Å². The third kappa shape index (κ3) is 3.33. The quantitative estimate of drug-likeness (QED) is 0.348. The van der Waals surface area contributed by atoms with Crippen molar-refractivity contribution in [3.8, 4) is 11.3 Å². The SMILES string of the molecule is O=C1S/C(=C/c2ccc(-c3cccc([N+](=O)[O-])c3)o2)C(=O)N1c1ccccc1. The molecule has 8 heteroatoms. The van der Waals surface area contributed by atoms with Crippen LogP contribution in [0.2, 0.25) is 0 Å². The molecular formula is C20H12N2O5S. The molecule has 0 spiro atoms. The maximum atomic E-state index is 12.6. The lowest BCUT2D eigenvalue weighted by atomic mass is 10.1. The minimum Gasteiger partial charge on any atom is -0.457 e. The Balaban J connectivity index is 1.61. The Bertz CT molecular complexity index is 1120. The zero-order valence-corrected chi connectivity index (χ0v) is 15.1. The number of hydrogen-bond donors (Lipinski definition) is 0. The Hall–Kier alpha value is -3.65. The number of rotatable bonds is 4. The predicted octanol–water partition coefficient (Wildman–Crippen LogP) is 5.10. The molecule has 0 N–H and O–H groups in total. The van der Waals surface area contributed by atoms with Crippen LogP contribution in [0.4, 0.5) is 16.2 Å². The number of nitro benzene ring substituents is 1. The highest BCUT2D eigenvalue weighted by atomic mass is 32.2. The molecule has 4 rings (SSSR count). The van der Waals surface area contributed by atoms with Gasteiger partial charge in [0.25, 0.3) is 16.8 Å². The molecular weight excluding hydrogens is 380 g/mol. The maximum Gasteiger partial charge on any atom is 0.298 e. The molecule has 0 saturated carbocycles. The van der Waals surface area contributed by atoms with Crippen molar-refractivity contribution in [2.75, 3.05) is 4.90 Å². The van der Waals surface area contributed by atoms with Crippen molar-refractivity contribution >= 4 is 40.4 Å². The number of nitro groups is 1. The van der Waals surface area contributed by atoms with Gasteiger partial charge in [-0.25, -0.2) is 4.90 Å². The standard InChI is InChI=1S/C20H12N2O5S/c23-19-18(28-20(24)21(19)14-6-2-1-3-7-14)12-16-9-10-17(27-16)13-5-4-8-15(11-13)22(25)26/h1-12H/b18-12+. The van der Waals surface area contributed by atoms with Gasteiger partial charge in [-0.1, -0.05) is 30.3 Å². The number of nitrogens with zero attached hydrogens (tertiary/aromatic N) is 2. The maximum absolute atomic E-state index is 12.6. The molecule has 1 fully saturated rings. The van der Waals surface area contributed by atoms with Crippen molar-refractivity contribution in [2.45, 2.75) is 0 Å². The molecule has 0 unspecified atom stereocenters. The molecule has 1 aliphatic rings. The molecule has 0 aliphatic carbocycles. The molecule has 2 heterocycles. The lowest BCUT2D eigenvalue weighted by molar-refractivity contribution is -0.384. The van der Waals surface area contributed by atoms with Gasteiger partial charge < -0.3 is 4.42 Å². The van der Waals surface area contributed by atoms with E-state index >= 15 is 0 Å². The number of anilines is 1. The van der Waals surface area contributed by atoms with Gasteiger partial charge in [-0.3, -0.25) is 19.7 Å². The van der Waals surface area contributed by atoms with Crippen LogP contribution in [0.5, 0.6) is 0 Å².